The predicted octanol–water partition coefficient (Wildman–Crippen LogP) is 1.36. The van der Waals surface area contributed by atoms with Crippen LogP contribution in [-0.2, 0) is 0 Å². The van der Waals surface area contributed by atoms with E-state index < -0.39 is 0 Å². The quantitative estimate of drug-likeness (QED) is 0.463. The van der Waals surface area contributed by atoms with E-state index in [1.165, 1.54) is 0 Å². The van der Waals surface area contributed by atoms with Crippen molar-refractivity contribution in [3.05, 3.63) is 0 Å². The van der Waals surface area contributed by atoms with Gasteiger partial charge in [0.15, 0.2) is 0 Å². The minimum Gasteiger partial charge on any atom is -0.388 e. The molecule has 0 saturated carbocycles. The molecular formula is C12H28N4. The lowest BCUT2D eigenvalue weighted by molar-refractivity contribution is 0.177. The minimum atomic E-state index is 0.304. The van der Waals surface area contributed by atoms with Crippen LogP contribution in [0.5, 0.6) is 0 Å². The van der Waals surface area contributed by atoms with Crippen molar-refractivity contribution >= 4 is 5.84 Å². The van der Waals surface area contributed by atoms with Gasteiger partial charge in [-0.3, -0.25) is 10.3 Å². The van der Waals surface area contributed by atoms with Crippen LogP contribution in [0.25, 0.3) is 0 Å². The van der Waals surface area contributed by atoms with Crippen molar-refractivity contribution < 1.29 is 0 Å². The van der Waals surface area contributed by atoms with E-state index in [-0.39, 0.29) is 0 Å². The third-order valence-electron chi connectivity index (χ3n) is 2.79. The summed E-state index contributed by atoms with van der Waals surface area (Å²) >= 11 is 0. The molecule has 0 aliphatic rings. The van der Waals surface area contributed by atoms with Gasteiger partial charge in [-0.05, 0) is 33.5 Å². The Balaban J connectivity index is 4.27. The Morgan fingerprint density at radius 3 is 2.19 bits per heavy atom. The number of amidine groups is 1. The summed E-state index contributed by atoms with van der Waals surface area (Å²) in [5.41, 5.74) is 5.51. The van der Waals surface area contributed by atoms with Gasteiger partial charge in [-0.15, -0.1) is 0 Å². The summed E-state index contributed by atoms with van der Waals surface area (Å²) in [5.74, 6) is 0.304. The fourth-order valence-corrected chi connectivity index (χ4v) is 1.88. The van der Waals surface area contributed by atoms with Gasteiger partial charge in [0, 0.05) is 25.6 Å². The van der Waals surface area contributed by atoms with Gasteiger partial charge in [0.1, 0.15) is 0 Å². The Hall–Kier alpha value is -0.610. The topological polar surface area (TPSA) is 56.4 Å². The number of likely N-dealkylation sites (N-methyl/N-ethyl adjacent to an activating group) is 1. The van der Waals surface area contributed by atoms with Gasteiger partial charge >= 0.3 is 0 Å². The maximum absolute atomic E-state index is 7.41. The van der Waals surface area contributed by atoms with Crippen LogP contribution in [0.3, 0.4) is 0 Å². The highest BCUT2D eigenvalue weighted by molar-refractivity contribution is 5.77. The first-order valence-electron chi connectivity index (χ1n) is 6.22. The molecule has 1 atom stereocenters. The van der Waals surface area contributed by atoms with E-state index in [1.54, 1.807) is 0 Å². The van der Waals surface area contributed by atoms with Crippen molar-refractivity contribution in [2.45, 2.75) is 39.2 Å². The van der Waals surface area contributed by atoms with E-state index in [0.29, 0.717) is 18.3 Å². The van der Waals surface area contributed by atoms with Gasteiger partial charge in [-0.25, -0.2) is 0 Å². The first kappa shape index (κ1) is 15.4. The van der Waals surface area contributed by atoms with Crippen molar-refractivity contribution in [3.63, 3.8) is 0 Å². The van der Waals surface area contributed by atoms with Crippen LogP contribution in [0.4, 0.5) is 0 Å². The molecular weight excluding hydrogens is 200 g/mol. The average Bonchev–Trinajstić information content (AvgIpc) is 2.20. The highest BCUT2D eigenvalue weighted by Crippen LogP contribution is 2.09. The number of nitrogens with zero attached hydrogens (tertiary/aromatic N) is 2. The highest BCUT2D eigenvalue weighted by atomic mass is 15.2. The second-order valence-electron chi connectivity index (χ2n) is 4.63. The second kappa shape index (κ2) is 8.53. The van der Waals surface area contributed by atoms with Crippen molar-refractivity contribution in [1.29, 1.82) is 5.41 Å². The lowest BCUT2D eigenvalue weighted by Gasteiger charge is -2.31. The van der Waals surface area contributed by atoms with Crippen LogP contribution in [0, 0.1) is 5.41 Å². The molecule has 0 spiro atoms. The molecule has 0 fully saturated rings. The van der Waals surface area contributed by atoms with Gasteiger partial charge in [-0.1, -0.05) is 13.8 Å². The summed E-state index contributed by atoms with van der Waals surface area (Å²) in [6.07, 6.45) is 2.92. The Morgan fingerprint density at radius 1 is 1.19 bits per heavy atom. The standard InChI is InChI=1S/C12H28N4/c1-5-7-16(9-8-15(3)4)11(6-2)10-12(13)14/h11H,5-10H2,1-4H3,(H3,13,14). The summed E-state index contributed by atoms with van der Waals surface area (Å²) in [6, 6.07) is 0.428. The molecule has 0 aromatic rings. The molecule has 96 valence electrons. The molecule has 0 rings (SSSR count). The summed E-state index contributed by atoms with van der Waals surface area (Å²) in [6.45, 7) is 7.59. The maximum atomic E-state index is 7.41. The monoisotopic (exact) mass is 228 g/mol. The fourth-order valence-electron chi connectivity index (χ4n) is 1.88. The summed E-state index contributed by atoms with van der Waals surface area (Å²) in [5, 5.41) is 7.41. The predicted molar refractivity (Wildman–Crippen MR) is 71.0 cm³/mol. The van der Waals surface area contributed by atoms with Crippen molar-refractivity contribution in [3.8, 4) is 0 Å². The van der Waals surface area contributed by atoms with Gasteiger partial charge < -0.3 is 10.6 Å². The fraction of sp³-hybridized carbons (Fsp3) is 0.917. The highest BCUT2D eigenvalue weighted by Gasteiger charge is 2.16. The van der Waals surface area contributed by atoms with Gasteiger partial charge in [0.05, 0.1) is 5.84 Å². The molecule has 0 aliphatic heterocycles. The van der Waals surface area contributed by atoms with E-state index in [9.17, 15) is 0 Å². The molecule has 0 aromatic heterocycles. The zero-order valence-corrected chi connectivity index (χ0v) is 11.3. The Bertz CT molecular complexity index is 191. The number of hydrogen-bond donors (Lipinski definition) is 2. The van der Waals surface area contributed by atoms with Crippen LogP contribution in [0.1, 0.15) is 33.1 Å². The number of nitrogens with two attached hydrogens (primary N) is 1. The van der Waals surface area contributed by atoms with Gasteiger partial charge in [0.2, 0.25) is 0 Å². The zero-order chi connectivity index (χ0) is 12.6. The van der Waals surface area contributed by atoms with E-state index in [0.717, 1.165) is 32.5 Å². The van der Waals surface area contributed by atoms with E-state index >= 15 is 0 Å². The molecule has 0 heterocycles. The van der Waals surface area contributed by atoms with Crippen LogP contribution < -0.4 is 5.73 Å². The maximum Gasteiger partial charge on any atom is 0.0921 e. The summed E-state index contributed by atoms with van der Waals surface area (Å²) < 4.78 is 0. The molecule has 4 nitrogen and oxygen atoms in total. The van der Waals surface area contributed by atoms with Crippen LogP contribution in [0.2, 0.25) is 0 Å². The largest absolute Gasteiger partial charge is 0.388 e. The van der Waals surface area contributed by atoms with Crippen LogP contribution >= 0.6 is 0 Å². The first-order valence-corrected chi connectivity index (χ1v) is 6.22. The Morgan fingerprint density at radius 2 is 1.81 bits per heavy atom. The first-order chi connectivity index (χ1) is 7.51. The number of nitrogens with one attached hydrogen (secondary N) is 1. The molecule has 0 aromatic carbocycles. The summed E-state index contributed by atoms with van der Waals surface area (Å²) in [4.78, 5) is 4.66. The molecule has 0 aliphatic carbocycles. The Labute approximate surface area is 100 Å². The smallest absolute Gasteiger partial charge is 0.0921 e. The van der Waals surface area contributed by atoms with E-state index in [1.807, 2.05) is 0 Å². The summed E-state index contributed by atoms with van der Waals surface area (Å²) in [7, 11) is 4.19. The van der Waals surface area contributed by atoms with E-state index in [2.05, 4.69) is 37.7 Å². The number of rotatable bonds is 9. The minimum absolute atomic E-state index is 0.304. The van der Waals surface area contributed by atoms with Crippen molar-refractivity contribution in [2.75, 3.05) is 33.7 Å². The van der Waals surface area contributed by atoms with Gasteiger partial charge in [0.25, 0.3) is 0 Å². The molecule has 0 amide bonds. The Kier molecular flexibility index (Phi) is 8.21. The van der Waals surface area contributed by atoms with Crippen LogP contribution in [-0.4, -0.2) is 55.4 Å². The van der Waals surface area contributed by atoms with Gasteiger partial charge in [-0.2, -0.15) is 0 Å². The lowest BCUT2D eigenvalue weighted by Crippen LogP contribution is -2.41. The SMILES string of the molecule is CCCN(CCN(C)C)C(CC)CC(=N)N. The molecule has 1 unspecified atom stereocenters. The van der Waals surface area contributed by atoms with E-state index in [4.69, 9.17) is 11.1 Å². The number of hydrogen-bond acceptors (Lipinski definition) is 3. The van der Waals surface area contributed by atoms with Crippen LogP contribution in [0.15, 0.2) is 0 Å². The van der Waals surface area contributed by atoms with Crippen molar-refractivity contribution in [2.24, 2.45) is 5.73 Å². The normalized spacial score (nSPS) is 13.4. The zero-order valence-electron chi connectivity index (χ0n) is 11.3. The third-order valence-corrected chi connectivity index (χ3v) is 2.79. The van der Waals surface area contributed by atoms with Crippen molar-refractivity contribution in [1.82, 2.24) is 9.80 Å². The second-order valence-corrected chi connectivity index (χ2v) is 4.63. The molecule has 4 heteroatoms. The molecule has 0 bridgehead atoms. The third kappa shape index (κ3) is 6.80. The molecule has 3 N–H and O–H groups in total. The molecule has 16 heavy (non-hydrogen) atoms. The average molecular weight is 228 g/mol. The molecule has 0 radical (unpaired) electrons. The molecule has 0 saturated heterocycles. The lowest BCUT2D eigenvalue weighted by atomic mass is 10.1.